The number of imidazole rings is 1. The fourth-order valence-electron chi connectivity index (χ4n) is 5.21. The van der Waals surface area contributed by atoms with Gasteiger partial charge in [-0.1, -0.05) is 73.7 Å². The molecule has 0 aliphatic carbocycles. The fraction of sp³-hybridized carbons (Fsp3) is 0.200. The average molecular weight is 446 g/mol. The van der Waals surface area contributed by atoms with Crippen LogP contribution in [0.4, 0.5) is 5.69 Å². The molecule has 5 aromatic rings. The maximum atomic E-state index is 13.1. The Hall–Kier alpha value is -3.92. The van der Waals surface area contributed by atoms with E-state index in [2.05, 4.69) is 96.4 Å². The Bertz CT molecular complexity index is 1490. The zero-order valence-electron chi connectivity index (χ0n) is 19.3. The van der Waals surface area contributed by atoms with Gasteiger partial charge in [-0.25, -0.2) is 4.98 Å². The van der Waals surface area contributed by atoms with Crippen molar-refractivity contribution in [2.45, 2.75) is 32.2 Å². The summed E-state index contributed by atoms with van der Waals surface area (Å²) in [5, 5.41) is 2.50. The molecular weight excluding hydrogens is 418 g/mol. The molecule has 168 valence electrons. The molecule has 0 bridgehead atoms. The van der Waals surface area contributed by atoms with E-state index >= 15 is 0 Å². The van der Waals surface area contributed by atoms with Gasteiger partial charge >= 0.3 is 0 Å². The molecule has 1 aromatic heterocycles. The van der Waals surface area contributed by atoms with E-state index in [1.807, 2.05) is 11.0 Å². The molecule has 1 unspecified atom stereocenters. The van der Waals surface area contributed by atoms with Crippen LogP contribution in [0.3, 0.4) is 0 Å². The molecule has 34 heavy (non-hydrogen) atoms. The summed E-state index contributed by atoms with van der Waals surface area (Å²) in [6, 6.07) is 31.7. The zero-order valence-corrected chi connectivity index (χ0v) is 19.3. The molecular formula is C30H27N3O. The van der Waals surface area contributed by atoms with E-state index in [1.165, 1.54) is 21.9 Å². The van der Waals surface area contributed by atoms with Crippen LogP contribution in [0.5, 0.6) is 0 Å². The van der Waals surface area contributed by atoms with Gasteiger partial charge in [0.15, 0.2) is 0 Å². The maximum Gasteiger partial charge on any atom is 0.227 e. The van der Waals surface area contributed by atoms with Crippen LogP contribution >= 0.6 is 0 Å². The summed E-state index contributed by atoms with van der Waals surface area (Å²) in [7, 11) is 0. The Morgan fingerprint density at radius 3 is 2.50 bits per heavy atom. The van der Waals surface area contributed by atoms with Gasteiger partial charge < -0.3 is 9.47 Å². The molecule has 2 heterocycles. The number of rotatable bonds is 5. The third kappa shape index (κ3) is 3.56. The third-order valence-corrected chi connectivity index (χ3v) is 7.04. The van der Waals surface area contributed by atoms with Crippen LogP contribution in [0.1, 0.15) is 36.2 Å². The molecule has 4 nitrogen and oxygen atoms in total. The van der Waals surface area contributed by atoms with Crippen molar-refractivity contribution in [3.05, 3.63) is 108 Å². The summed E-state index contributed by atoms with van der Waals surface area (Å²) in [6.45, 7) is 3.53. The Kier molecular flexibility index (Phi) is 5.14. The van der Waals surface area contributed by atoms with Gasteiger partial charge in [0.2, 0.25) is 5.91 Å². The Labute approximate surface area is 199 Å². The Balaban J connectivity index is 1.39. The highest BCUT2D eigenvalue weighted by molar-refractivity contribution is 5.96. The predicted octanol–water partition coefficient (Wildman–Crippen LogP) is 6.32. The number of aryl methyl sites for hydroxylation is 1. The number of nitrogens with zero attached hydrogens (tertiary/aromatic N) is 3. The van der Waals surface area contributed by atoms with E-state index in [9.17, 15) is 4.79 Å². The zero-order chi connectivity index (χ0) is 23.1. The fourth-order valence-corrected chi connectivity index (χ4v) is 5.21. The van der Waals surface area contributed by atoms with E-state index in [1.54, 1.807) is 0 Å². The number of carbonyl (C=O) groups excluding carboxylic acids is 1. The quantitative estimate of drug-likeness (QED) is 0.317. The normalized spacial score (nSPS) is 16.1. The van der Waals surface area contributed by atoms with Gasteiger partial charge in [-0.05, 0) is 52.6 Å². The molecule has 6 rings (SSSR count). The van der Waals surface area contributed by atoms with Crippen LogP contribution in [-0.4, -0.2) is 22.0 Å². The largest absolute Gasteiger partial charge is 0.323 e. The second kappa shape index (κ2) is 8.45. The molecule has 4 heteroatoms. The van der Waals surface area contributed by atoms with Gasteiger partial charge in [0, 0.05) is 31.1 Å². The number of anilines is 1. The predicted molar refractivity (Wildman–Crippen MR) is 138 cm³/mol. The van der Waals surface area contributed by atoms with E-state index in [0.29, 0.717) is 13.0 Å². The molecule has 1 fully saturated rings. The van der Waals surface area contributed by atoms with Crippen molar-refractivity contribution in [3.63, 3.8) is 0 Å². The summed E-state index contributed by atoms with van der Waals surface area (Å²) >= 11 is 0. The number of fused-ring (bicyclic) bond motifs is 2. The van der Waals surface area contributed by atoms with Crippen molar-refractivity contribution in [1.29, 1.82) is 0 Å². The third-order valence-electron chi connectivity index (χ3n) is 7.04. The Morgan fingerprint density at radius 2 is 1.65 bits per heavy atom. The molecule has 0 N–H and O–H groups in total. The lowest BCUT2D eigenvalue weighted by Gasteiger charge is -2.18. The number of para-hydroxylation sites is 2. The molecule has 1 aliphatic heterocycles. The number of hydrogen-bond donors (Lipinski definition) is 0. The topological polar surface area (TPSA) is 38.1 Å². The van der Waals surface area contributed by atoms with Crippen LogP contribution in [0.25, 0.3) is 21.8 Å². The van der Waals surface area contributed by atoms with Crippen molar-refractivity contribution in [3.8, 4) is 0 Å². The van der Waals surface area contributed by atoms with Crippen LogP contribution in [0.2, 0.25) is 0 Å². The number of benzene rings is 4. The number of amides is 1. The minimum absolute atomic E-state index is 0.0562. The average Bonchev–Trinajstić information content (AvgIpc) is 3.45. The molecule has 0 spiro atoms. The first-order chi connectivity index (χ1) is 16.7. The summed E-state index contributed by atoms with van der Waals surface area (Å²) in [4.78, 5) is 20.0. The lowest BCUT2D eigenvalue weighted by Crippen LogP contribution is -2.24. The SMILES string of the molecule is CCc1ccc(N2CC(c3nc4ccccc4n3Cc3cccc4ccccc34)CC2=O)cc1. The highest BCUT2D eigenvalue weighted by Crippen LogP contribution is 2.34. The molecule has 1 amide bonds. The molecule has 1 aliphatic rings. The maximum absolute atomic E-state index is 13.1. The Morgan fingerprint density at radius 1 is 0.882 bits per heavy atom. The summed E-state index contributed by atoms with van der Waals surface area (Å²) in [6.07, 6.45) is 1.48. The van der Waals surface area contributed by atoms with Crippen molar-refractivity contribution in [1.82, 2.24) is 9.55 Å². The van der Waals surface area contributed by atoms with Gasteiger partial charge in [-0.2, -0.15) is 0 Å². The smallest absolute Gasteiger partial charge is 0.227 e. The van der Waals surface area contributed by atoms with Crippen molar-refractivity contribution < 1.29 is 4.79 Å². The second-order valence-corrected chi connectivity index (χ2v) is 9.11. The van der Waals surface area contributed by atoms with Gasteiger partial charge in [0.1, 0.15) is 5.82 Å². The van der Waals surface area contributed by atoms with Gasteiger partial charge in [-0.3, -0.25) is 4.79 Å². The molecule has 0 radical (unpaired) electrons. The summed E-state index contributed by atoms with van der Waals surface area (Å²) in [5.74, 6) is 1.22. The number of carbonyl (C=O) groups is 1. The van der Waals surface area contributed by atoms with Crippen molar-refractivity contribution >= 4 is 33.4 Å². The van der Waals surface area contributed by atoms with Gasteiger partial charge in [-0.15, -0.1) is 0 Å². The van der Waals surface area contributed by atoms with Crippen LogP contribution in [-0.2, 0) is 17.8 Å². The first-order valence-electron chi connectivity index (χ1n) is 12.0. The van der Waals surface area contributed by atoms with Crippen LogP contribution in [0, 0.1) is 0 Å². The molecule has 0 saturated carbocycles. The minimum Gasteiger partial charge on any atom is -0.323 e. The first kappa shape index (κ1) is 20.7. The standard InChI is InChI=1S/C30H27N3O/c1-2-21-14-16-25(17-15-21)32-20-24(18-29(32)34)30-31-27-12-5-6-13-28(27)33(30)19-23-10-7-9-22-8-3-4-11-26(22)23/h3-17,24H,2,18-20H2,1H3. The molecule has 4 aromatic carbocycles. The minimum atomic E-state index is 0.0562. The van der Waals surface area contributed by atoms with Crippen LogP contribution in [0.15, 0.2) is 91.0 Å². The van der Waals surface area contributed by atoms with Crippen molar-refractivity contribution in [2.24, 2.45) is 0 Å². The van der Waals surface area contributed by atoms with Crippen molar-refractivity contribution in [2.75, 3.05) is 11.4 Å². The summed E-state index contributed by atoms with van der Waals surface area (Å²) in [5.41, 5.74) is 5.61. The second-order valence-electron chi connectivity index (χ2n) is 9.11. The number of aromatic nitrogens is 2. The first-order valence-corrected chi connectivity index (χ1v) is 12.0. The molecule has 1 saturated heterocycles. The number of hydrogen-bond acceptors (Lipinski definition) is 2. The van der Waals surface area contributed by atoms with Gasteiger partial charge in [0.25, 0.3) is 0 Å². The van der Waals surface area contributed by atoms with E-state index < -0.39 is 0 Å². The van der Waals surface area contributed by atoms with E-state index in [-0.39, 0.29) is 11.8 Å². The lowest BCUT2D eigenvalue weighted by molar-refractivity contribution is -0.117. The van der Waals surface area contributed by atoms with E-state index in [0.717, 1.165) is 35.5 Å². The molecule has 1 atom stereocenters. The van der Waals surface area contributed by atoms with Crippen LogP contribution < -0.4 is 4.90 Å². The lowest BCUT2D eigenvalue weighted by atomic mass is 10.0. The highest BCUT2D eigenvalue weighted by atomic mass is 16.2. The van der Waals surface area contributed by atoms with Gasteiger partial charge in [0.05, 0.1) is 11.0 Å². The van der Waals surface area contributed by atoms with E-state index in [4.69, 9.17) is 4.98 Å². The summed E-state index contributed by atoms with van der Waals surface area (Å²) < 4.78 is 2.32. The highest BCUT2D eigenvalue weighted by Gasteiger charge is 2.34. The monoisotopic (exact) mass is 445 g/mol.